The van der Waals surface area contributed by atoms with Gasteiger partial charge in [0.15, 0.2) is 0 Å². The molecule has 1 aromatic heterocycles. The molecule has 5 nitrogen and oxygen atoms in total. The lowest BCUT2D eigenvalue weighted by atomic mass is 10.1. The molecule has 0 spiro atoms. The number of anilines is 1. The summed E-state index contributed by atoms with van der Waals surface area (Å²) in [7, 11) is 2.13. The first-order chi connectivity index (χ1) is 9.99. The minimum absolute atomic E-state index is 0.391. The predicted octanol–water partition coefficient (Wildman–Crippen LogP) is 2.06. The number of furan rings is 1. The van der Waals surface area contributed by atoms with Crippen molar-refractivity contribution < 1.29 is 9.21 Å². The maximum atomic E-state index is 11.9. The number of piperazine rings is 1. The Morgan fingerprint density at radius 2 is 1.86 bits per heavy atom. The lowest BCUT2D eigenvalue weighted by Gasteiger charge is -2.42. The fraction of sp³-hybridized carbons (Fsp3) is 0.438. The average molecular weight is 287 g/mol. The van der Waals surface area contributed by atoms with Crippen LogP contribution in [0.25, 0.3) is 11.0 Å². The number of para-hydroxylation sites is 1. The molecular weight excluding hydrogens is 266 g/mol. The number of benzene rings is 1. The lowest BCUT2D eigenvalue weighted by Crippen LogP contribution is -2.55. The van der Waals surface area contributed by atoms with Gasteiger partial charge in [0, 0.05) is 30.6 Å². The zero-order valence-electron chi connectivity index (χ0n) is 12.7. The summed E-state index contributed by atoms with van der Waals surface area (Å²) in [4.78, 5) is 16.4. The highest BCUT2D eigenvalue weighted by atomic mass is 16.4. The molecule has 21 heavy (non-hydrogen) atoms. The molecule has 1 fully saturated rings. The molecule has 0 saturated carbocycles. The first-order valence-electron chi connectivity index (χ1n) is 7.27. The number of hydrogen-bond donors (Lipinski definition) is 1. The van der Waals surface area contributed by atoms with Crippen LogP contribution in [-0.4, -0.2) is 43.0 Å². The van der Waals surface area contributed by atoms with Gasteiger partial charge >= 0.3 is 0 Å². The van der Waals surface area contributed by atoms with Gasteiger partial charge in [0.2, 0.25) is 5.88 Å². The molecule has 1 amide bonds. The van der Waals surface area contributed by atoms with Gasteiger partial charge in [-0.3, -0.25) is 9.69 Å². The van der Waals surface area contributed by atoms with Crippen LogP contribution in [0.2, 0.25) is 0 Å². The topological polar surface area (TPSA) is 62.7 Å². The van der Waals surface area contributed by atoms with Gasteiger partial charge in [0.05, 0.1) is 0 Å². The molecule has 1 aliphatic heterocycles. The van der Waals surface area contributed by atoms with Gasteiger partial charge in [0.1, 0.15) is 11.1 Å². The zero-order valence-corrected chi connectivity index (χ0v) is 12.7. The molecule has 2 heterocycles. The Hall–Kier alpha value is -2.01. The smallest absolute Gasteiger partial charge is 0.254 e. The first kappa shape index (κ1) is 13.9. The largest absolute Gasteiger partial charge is 0.440 e. The van der Waals surface area contributed by atoms with Crippen molar-refractivity contribution in [1.82, 2.24) is 4.90 Å². The highest BCUT2D eigenvalue weighted by Gasteiger charge is 2.31. The number of carbonyl (C=O) groups excluding carboxylic acids is 1. The van der Waals surface area contributed by atoms with Crippen LogP contribution in [0.3, 0.4) is 0 Å². The standard InChI is InChI=1S/C16H21N3O2/c1-10-8-19(9-11(2)18(10)3)16-14(15(17)20)12-6-4-5-7-13(12)21-16/h4-7,10-11H,8-9H2,1-3H3,(H2,17,20). The Labute approximate surface area is 124 Å². The SMILES string of the molecule is CC1CN(c2oc3ccccc3c2C(N)=O)CC(C)N1C. The van der Waals surface area contributed by atoms with Crippen LogP contribution in [-0.2, 0) is 0 Å². The van der Waals surface area contributed by atoms with Crippen LogP contribution >= 0.6 is 0 Å². The Kier molecular flexibility index (Phi) is 3.37. The summed E-state index contributed by atoms with van der Waals surface area (Å²) < 4.78 is 5.94. The highest BCUT2D eigenvalue weighted by molar-refractivity contribution is 6.09. The first-order valence-corrected chi connectivity index (χ1v) is 7.27. The van der Waals surface area contributed by atoms with E-state index in [1.54, 1.807) is 0 Å². The predicted molar refractivity (Wildman–Crippen MR) is 83.6 cm³/mol. The molecule has 5 heteroatoms. The molecule has 0 bridgehead atoms. The summed E-state index contributed by atoms with van der Waals surface area (Å²) in [5.41, 5.74) is 6.80. The van der Waals surface area contributed by atoms with Gasteiger partial charge in [-0.25, -0.2) is 0 Å². The number of hydrogen-bond acceptors (Lipinski definition) is 4. The van der Waals surface area contributed by atoms with Gasteiger partial charge in [0.25, 0.3) is 5.91 Å². The minimum atomic E-state index is -0.436. The fourth-order valence-corrected chi connectivity index (χ4v) is 3.06. The molecule has 2 atom stereocenters. The Bertz CT molecular complexity index is 667. The van der Waals surface area contributed by atoms with Gasteiger partial charge in [-0.05, 0) is 27.0 Å². The van der Waals surface area contributed by atoms with Crippen molar-refractivity contribution >= 4 is 22.8 Å². The average Bonchev–Trinajstić information content (AvgIpc) is 2.83. The maximum absolute atomic E-state index is 11.9. The Morgan fingerprint density at radius 3 is 2.48 bits per heavy atom. The van der Waals surface area contributed by atoms with Crippen LogP contribution in [0, 0.1) is 0 Å². The second-order valence-corrected chi connectivity index (χ2v) is 5.91. The van der Waals surface area contributed by atoms with E-state index in [9.17, 15) is 4.79 Å². The molecule has 0 aliphatic carbocycles. The second-order valence-electron chi connectivity index (χ2n) is 5.91. The summed E-state index contributed by atoms with van der Waals surface area (Å²) in [6, 6.07) is 8.32. The second kappa shape index (κ2) is 5.07. The zero-order chi connectivity index (χ0) is 15.1. The van der Waals surface area contributed by atoms with Crippen molar-refractivity contribution in [1.29, 1.82) is 0 Å². The molecule has 1 saturated heterocycles. The van der Waals surface area contributed by atoms with E-state index in [0.29, 0.717) is 29.1 Å². The van der Waals surface area contributed by atoms with Crippen molar-refractivity contribution in [2.45, 2.75) is 25.9 Å². The van der Waals surface area contributed by atoms with Crippen molar-refractivity contribution in [3.63, 3.8) is 0 Å². The summed E-state index contributed by atoms with van der Waals surface area (Å²) in [5, 5.41) is 0.791. The molecule has 2 aromatic rings. The van der Waals surface area contributed by atoms with Crippen molar-refractivity contribution in [3.05, 3.63) is 29.8 Å². The van der Waals surface area contributed by atoms with E-state index in [1.807, 2.05) is 24.3 Å². The molecule has 112 valence electrons. The van der Waals surface area contributed by atoms with E-state index in [-0.39, 0.29) is 0 Å². The summed E-state index contributed by atoms with van der Waals surface area (Å²) in [6.45, 7) is 5.99. The van der Waals surface area contributed by atoms with E-state index in [0.717, 1.165) is 18.5 Å². The van der Waals surface area contributed by atoms with Gasteiger partial charge in [-0.1, -0.05) is 18.2 Å². The van der Waals surface area contributed by atoms with E-state index in [4.69, 9.17) is 10.2 Å². The molecule has 1 aliphatic rings. The van der Waals surface area contributed by atoms with E-state index in [2.05, 4.69) is 30.7 Å². The number of nitrogens with zero attached hydrogens (tertiary/aromatic N) is 2. The van der Waals surface area contributed by atoms with Gasteiger partial charge in [-0.15, -0.1) is 0 Å². The van der Waals surface area contributed by atoms with Crippen molar-refractivity contribution in [2.75, 3.05) is 25.0 Å². The quantitative estimate of drug-likeness (QED) is 0.918. The monoisotopic (exact) mass is 287 g/mol. The normalized spacial score (nSPS) is 23.7. The van der Waals surface area contributed by atoms with Gasteiger partial charge < -0.3 is 15.1 Å². The third kappa shape index (κ3) is 2.27. The molecular formula is C16H21N3O2. The van der Waals surface area contributed by atoms with Gasteiger partial charge in [-0.2, -0.15) is 0 Å². The van der Waals surface area contributed by atoms with Crippen LogP contribution < -0.4 is 10.6 Å². The van der Waals surface area contributed by atoms with Crippen LogP contribution in [0.15, 0.2) is 28.7 Å². The number of likely N-dealkylation sites (N-methyl/N-ethyl adjacent to an activating group) is 1. The molecule has 1 aromatic carbocycles. The summed E-state index contributed by atoms with van der Waals surface area (Å²) in [5.74, 6) is 0.171. The van der Waals surface area contributed by atoms with Crippen molar-refractivity contribution in [2.24, 2.45) is 5.73 Å². The minimum Gasteiger partial charge on any atom is -0.440 e. The molecule has 2 N–H and O–H groups in total. The van der Waals surface area contributed by atoms with Crippen molar-refractivity contribution in [3.8, 4) is 0 Å². The highest BCUT2D eigenvalue weighted by Crippen LogP contribution is 2.34. The van der Waals surface area contributed by atoms with E-state index < -0.39 is 5.91 Å². The third-order valence-electron chi connectivity index (χ3n) is 4.47. The fourth-order valence-electron chi connectivity index (χ4n) is 3.06. The number of primary amides is 1. The Morgan fingerprint density at radius 1 is 1.24 bits per heavy atom. The van der Waals surface area contributed by atoms with E-state index in [1.165, 1.54) is 0 Å². The number of carbonyl (C=O) groups is 1. The number of nitrogens with two attached hydrogens (primary N) is 1. The third-order valence-corrected chi connectivity index (χ3v) is 4.47. The summed E-state index contributed by atoms with van der Waals surface area (Å²) >= 11 is 0. The van der Waals surface area contributed by atoms with Crippen LogP contribution in [0.1, 0.15) is 24.2 Å². The maximum Gasteiger partial charge on any atom is 0.254 e. The number of fused-ring (bicyclic) bond motifs is 1. The Balaban J connectivity index is 2.08. The van der Waals surface area contributed by atoms with Crippen LogP contribution in [0.4, 0.5) is 5.88 Å². The molecule has 2 unspecified atom stereocenters. The summed E-state index contributed by atoms with van der Waals surface area (Å²) in [6.07, 6.45) is 0. The molecule has 3 rings (SSSR count). The number of amides is 1. The molecule has 0 radical (unpaired) electrons. The lowest BCUT2D eigenvalue weighted by molar-refractivity contribution is 0.100. The van der Waals surface area contributed by atoms with Crippen LogP contribution in [0.5, 0.6) is 0 Å². The van der Waals surface area contributed by atoms with E-state index >= 15 is 0 Å². The number of rotatable bonds is 2.